The molecular weight excluding hydrogens is 472 g/mol. The van der Waals surface area contributed by atoms with Gasteiger partial charge in [0.25, 0.3) is 5.91 Å². The third kappa shape index (κ3) is 6.36. The van der Waals surface area contributed by atoms with Crippen LogP contribution >= 0.6 is 12.2 Å². The van der Waals surface area contributed by atoms with Crippen molar-refractivity contribution < 1.29 is 24.0 Å². The minimum Gasteiger partial charge on any atom is -0.490 e. The van der Waals surface area contributed by atoms with Crippen molar-refractivity contribution >= 4 is 40.6 Å². The third-order valence-corrected chi connectivity index (χ3v) is 5.18. The van der Waals surface area contributed by atoms with Crippen molar-refractivity contribution in [2.75, 3.05) is 18.6 Å². The highest BCUT2D eigenvalue weighted by Crippen LogP contribution is 2.27. The number of anilines is 1. The van der Waals surface area contributed by atoms with E-state index < -0.39 is 16.8 Å². The highest BCUT2D eigenvalue weighted by Gasteiger charge is 2.21. The van der Waals surface area contributed by atoms with Gasteiger partial charge in [-0.1, -0.05) is 6.07 Å². The molecule has 3 rings (SSSR count). The first-order valence-electron chi connectivity index (χ1n) is 10.5. The quantitative estimate of drug-likeness (QED) is 0.215. The van der Waals surface area contributed by atoms with Gasteiger partial charge in [0.15, 0.2) is 10.9 Å². The Kier molecular flexibility index (Phi) is 8.41. The molecule has 0 radical (unpaired) electrons. The van der Waals surface area contributed by atoms with Crippen LogP contribution < -0.4 is 15.0 Å². The standard InChI is InChI=1S/C24H22N4O6S/c1-3-34-23(30)17-6-9-19(10-7-17)27(15-16-5-4-12-25-14-16)24(35)26-22(29)18-8-11-21(33-2)20(13-18)28(31)32/h4-14H,3,15H2,1-2H3,(H,26,29,35). The van der Waals surface area contributed by atoms with Gasteiger partial charge in [-0.05, 0) is 67.2 Å². The van der Waals surface area contributed by atoms with E-state index in [1.165, 1.54) is 19.2 Å². The Balaban J connectivity index is 1.87. The fourth-order valence-electron chi connectivity index (χ4n) is 3.16. The summed E-state index contributed by atoms with van der Waals surface area (Å²) < 4.78 is 10.00. The van der Waals surface area contributed by atoms with Crippen molar-refractivity contribution in [3.63, 3.8) is 0 Å². The molecule has 3 aromatic rings. The summed E-state index contributed by atoms with van der Waals surface area (Å²) in [6.45, 7) is 2.25. The SMILES string of the molecule is CCOC(=O)c1ccc(N(Cc2cccnc2)C(=S)NC(=O)c2ccc(OC)c([N+](=O)[O-])c2)cc1. The number of carbonyl (C=O) groups excluding carboxylic acids is 2. The smallest absolute Gasteiger partial charge is 0.338 e. The molecule has 0 aliphatic heterocycles. The number of thiocarbonyl (C=S) groups is 1. The first-order chi connectivity index (χ1) is 16.8. The molecule has 0 aliphatic carbocycles. The number of nitrogens with one attached hydrogen (secondary N) is 1. The van der Waals surface area contributed by atoms with E-state index in [1.807, 2.05) is 6.07 Å². The lowest BCUT2D eigenvalue weighted by molar-refractivity contribution is -0.385. The first-order valence-corrected chi connectivity index (χ1v) is 10.9. The van der Waals surface area contributed by atoms with Gasteiger partial charge in [-0.3, -0.25) is 25.2 Å². The minimum atomic E-state index is -0.631. The minimum absolute atomic E-state index is 0.0361. The van der Waals surface area contributed by atoms with Gasteiger partial charge < -0.3 is 14.4 Å². The van der Waals surface area contributed by atoms with E-state index in [1.54, 1.807) is 54.5 Å². The van der Waals surface area contributed by atoms with E-state index in [0.717, 1.165) is 11.6 Å². The predicted molar refractivity (Wildman–Crippen MR) is 133 cm³/mol. The van der Waals surface area contributed by atoms with Crippen molar-refractivity contribution in [3.05, 3.63) is 93.8 Å². The second-order valence-electron chi connectivity index (χ2n) is 7.12. The normalized spacial score (nSPS) is 10.2. The molecule has 11 heteroatoms. The number of aromatic nitrogens is 1. The Hall–Kier alpha value is -4.38. The lowest BCUT2D eigenvalue weighted by Gasteiger charge is -2.26. The molecule has 1 aromatic heterocycles. The maximum atomic E-state index is 12.9. The van der Waals surface area contributed by atoms with E-state index in [-0.39, 0.29) is 35.3 Å². The van der Waals surface area contributed by atoms with Crippen molar-refractivity contribution in [2.24, 2.45) is 0 Å². The van der Waals surface area contributed by atoms with Crippen LogP contribution in [-0.4, -0.2) is 40.6 Å². The van der Waals surface area contributed by atoms with Crippen LogP contribution in [0.4, 0.5) is 11.4 Å². The average Bonchev–Trinajstić information content (AvgIpc) is 2.87. The fraction of sp³-hybridized carbons (Fsp3) is 0.167. The van der Waals surface area contributed by atoms with Crippen molar-refractivity contribution in [3.8, 4) is 5.75 Å². The van der Waals surface area contributed by atoms with Gasteiger partial charge >= 0.3 is 11.7 Å². The summed E-state index contributed by atoms with van der Waals surface area (Å²) in [4.78, 5) is 41.3. The van der Waals surface area contributed by atoms with Crippen molar-refractivity contribution in [1.82, 2.24) is 10.3 Å². The number of amides is 1. The molecule has 0 atom stereocenters. The number of methoxy groups -OCH3 is 1. The Morgan fingerprint density at radius 3 is 2.46 bits per heavy atom. The second-order valence-corrected chi connectivity index (χ2v) is 7.50. The first kappa shape index (κ1) is 25.2. The molecule has 0 saturated carbocycles. The van der Waals surface area contributed by atoms with Crippen LogP contribution in [0, 0.1) is 10.1 Å². The highest BCUT2D eigenvalue weighted by atomic mass is 32.1. The van der Waals surface area contributed by atoms with Crippen LogP contribution in [0.3, 0.4) is 0 Å². The molecule has 0 fully saturated rings. The Bertz CT molecular complexity index is 1230. The number of ether oxygens (including phenoxy) is 2. The van der Waals surface area contributed by atoms with Crippen LogP contribution in [-0.2, 0) is 11.3 Å². The Morgan fingerprint density at radius 1 is 1.14 bits per heavy atom. The molecule has 180 valence electrons. The lowest BCUT2D eigenvalue weighted by Crippen LogP contribution is -2.42. The van der Waals surface area contributed by atoms with Gasteiger partial charge in [0, 0.05) is 29.7 Å². The maximum Gasteiger partial charge on any atom is 0.338 e. The number of benzene rings is 2. The van der Waals surface area contributed by atoms with Gasteiger partial charge in [0.1, 0.15) is 0 Å². The number of pyridine rings is 1. The maximum absolute atomic E-state index is 12.9. The van der Waals surface area contributed by atoms with Crippen LogP contribution in [0.15, 0.2) is 67.0 Å². The third-order valence-electron chi connectivity index (χ3n) is 4.86. The summed E-state index contributed by atoms with van der Waals surface area (Å²) in [5, 5.41) is 14.0. The molecule has 0 bridgehead atoms. The molecule has 0 spiro atoms. The molecule has 1 amide bonds. The lowest BCUT2D eigenvalue weighted by atomic mass is 10.1. The van der Waals surface area contributed by atoms with E-state index >= 15 is 0 Å². The highest BCUT2D eigenvalue weighted by molar-refractivity contribution is 7.80. The fourth-order valence-corrected chi connectivity index (χ4v) is 3.42. The number of nitro groups is 1. The number of esters is 1. The Morgan fingerprint density at radius 2 is 1.86 bits per heavy atom. The number of hydrogen-bond acceptors (Lipinski definition) is 8. The van der Waals surface area contributed by atoms with Gasteiger partial charge in [-0.2, -0.15) is 0 Å². The van der Waals surface area contributed by atoms with E-state index in [2.05, 4.69) is 10.3 Å². The molecule has 2 aromatic carbocycles. The number of hydrogen-bond donors (Lipinski definition) is 1. The van der Waals surface area contributed by atoms with E-state index in [0.29, 0.717) is 11.3 Å². The molecular formula is C24H22N4O6S. The van der Waals surface area contributed by atoms with Gasteiger partial charge in [0.05, 0.1) is 30.7 Å². The summed E-state index contributed by atoms with van der Waals surface area (Å²) in [7, 11) is 1.31. The van der Waals surface area contributed by atoms with Crippen molar-refractivity contribution in [2.45, 2.75) is 13.5 Å². The van der Waals surface area contributed by atoms with E-state index in [4.69, 9.17) is 21.7 Å². The van der Waals surface area contributed by atoms with Gasteiger partial charge in [0.2, 0.25) is 0 Å². The predicted octanol–water partition coefficient (Wildman–Crippen LogP) is 3.90. The second kappa shape index (κ2) is 11.7. The molecule has 1 heterocycles. The molecule has 0 aliphatic rings. The van der Waals surface area contributed by atoms with Gasteiger partial charge in [-0.15, -0.1) is 0 Å². The molecule has 0 unspecified atom stereocenters. The van der Waals surface area contributed by atoms with Crippen LogP contribution in [0.25, 0.3) is 0 Å². The Labute approximate surface area is 206 Å². The summed E-state index contributed by atoms with van der Waals surface area (Å²) in [5.41, 5.74) is 1.50. The summed E-state index contributed by atoms with van der Waals surface area (Å²) in [6.07, 6.45) is 3.30. The summed E-state index contributed by atoms with van der Waals surface area (Å²) in [6, 6.07) is 14.1. The van der Waals surface area contributed by atoms with Crippen LogP contribution in [0.1, 0.15) is 33.2 Å². The number of rotatable bonds is 8. The van der Waals surface area contributed by atoms with Crippen LogP contribution in [0.5, 0.6) is 5.75 Å². The topological polar surface area (TPSA) is 124 Å². The van der Waals surface area contributed by atoms with Crippen LogP contribution in [0.2, 0.25) is 0 Å². The zero-order chi connectivity index (χ0) is 25.4. The molecule has 0 saturated heterocycles. The van der Waals surface area contributed by atoms with Crippen molar-refractivity contribution in [1.29, 1.82) is 0 Å². The summed E-state index contributed by atoms with van der Waals surface area (Å²) in [5.74, 6) is -1.04. The molecule has 35 heavy (non-hydrogen) atoms. The average molecular weight is 495 g/mol. The number of nitrogens with zero attached hydrogens (tertiary/aromatic N) is 3. The molecule has 10 nitrogen and oxygen atoms in total. The zero-order valence-electron chi connectivity index (χ0n) is 19.0. The van der Waals surface area contributed by atoms with Gasteiger partial charge in [-0.25, -0.2) is 4.79 Å². The largest absolute Gasteiger partial charge is 0.490 e. The number of carbonyl (C=O) groups is 2. The number of nitro benzene ring substituents is 1. The molecule has 1 N–H and O–H groups in total. The zero-order valence-corrected chi connectivity index (χ0v) is 19.8. The monoisotopic (exact) mass is 494 g/mol. The van der Waals surface area contributed by atoms with E-state index in [9.17, 15) is 19.7 Å². The summed E-state index contributed by atoms with van der Waals surface area (Å²) >= 11 is 5.52.